The number of carbonyl (C=O) groups excluding carboxylic acids is 1. The van der Waals surface area contributed by atoms with E-state index in [9.17, 15) is 4.79 Å². The topological polar surface area (TPSA) is 32.3 Å². The number of benzene rings is 1. The van der Waals surface area contributed by atoms with Crippen LogP contribution >= 0.6 is 0 Å². The summed E-state index contributed by atoms with van der Waals surface area (Å²) in [6.45, 7) is 11.0. The van der Waals surface area contributed by atoms with Crippen LogP contribution in [0.25, 0.3) is 0 Å². The molecule has 1 aromatic rings. The maximum atomic E-state index is 11.6. The van der Waals surface area contributed by atoms with E-state index in [1.165, 1.54) is 43.5 Å². The van der Waals surface area contributed by atoms with Gasteiger partial charge in [0.1, 0.15) is 0 Å². The lowest BCUT2D eigenvalue weighted by Crippen LogP contribution is -2.46. The molecule has 1 heterocycles. The molecule has 3 nitrogen and oxygen atoms in total. The van der Waals surface area contributed by atoms with Crippen molar-refractivity contribution in [3.8, 4) is 0 Å². The first-order valence-electron chi connectivity index (χ1n) is 9.52. The average Bonchev–Trinajstić information content (AvgIpc) is 2.81. The van der Waals surface area contributed by atoms with Gasteiger partial charge in [-0.1, -0.05) is 38.1 Å². The molecule has 0 radical (unpaired) electrons. The molecule has 0 bridgehead atoms. The molecule has 134 valence electrons. The number of hydrogen-bond acceptors (Lipinski definition) is 2. The van der Waals surface area contributed by atoms with Crippen molar-refractivity contribution in [1.82, 2.24) is 10.2 Å². The van der Waals surface area contributed by atoms with E-state index < -0.39 is 0 Å². The predicted octanol–water partition coefficient (Wildman–Crippen LogP) is 4.28. The second kappa shape index (κ2) is 6.87. The molecule has 1 fully saturated rings. The van der Waals surface area contributed by atoms with Crippen molar-refractivity contribution in [3.05, 3.63) is 35.4 Å². The highest BCUT2D eigenvalue weighted by Crippen LogP contribution is 2.50. The van der Waals surface area contributed by atoms with Crippen molar-refractivity contribution in [1.29, 1.82) is 0 Å². The molecule has 3 heteroatoms. The minimum Gasteiger partial charge on any atom is -0.349 e. The summed E-state index contributed by atoms with van der Waals surface area (Å²) in [5.41, 5.74) is 3.09. The van der Waals surface area contributed by atoms with Crippen LogP contribution in [0.3, 0.4) is 0 Å². The van der Waals surface area contributed by atoms with Crippen LogP contribution in [0.1, 0.15) is 72.0 Å². The summed E-state index contributed by atoms with van der Waals surface area (Å²) in [6, 6.07) is 9.63. The molecule has 1 aromatic carbocycles. The van der Waals surface area contributed by atoms with Gasteiger partial charge in [-0.25, -0.2) is 0 Å². The highest BCUT2D eigenvalue weighted by atomic mass is 16.1. The van der Waals surface area contributed by atoms with Crippen LogP contribution in [0.2, 0.25) is 0 Å². The zero-order valence-corrected chi connectivity index (χ0v) is 15.6. The second-order valence-corrected chi connectivity index (χ2v) is 8.34. The number of nitrogens with one attached hydrogen (secondary N) is 1. The van der Waals surface area contributed by atoms with E-state index >= 15 is 0 Å². The lowest BCUT2D eigenvalue weighted by atomic mass is 9.73. The minimum absolute atomic E-state index is 0. The zero-order chi connectivity index (χ0) is 17.3. The predicted molar refractivity (Wildman–Crippen MR) is 101 cm³/mol. The normalized spacial score (nSPS) is 24.1. The summed E-state index contributed by atoms with van der Waals surface area (Å²) in [5.74, 6) is 0.835. The summed E-state index contributed by atoms with van der Waals surface area (Å²) in [6.07, 6.45) is 4.77. The van der Waals surface area contributed by atoms with Gasteiger partial charge in [0.15, 0.2) is 0 Å². The SMILES string of the molecule is CC(=O)N[C@H]1CC2(CCN(C(C)CC(C)C)CC2)c2ccccc21.[HH]. The molecule has 0 saturated carbocycles. The van der Waals surface area contributed by atoms with Crippen LogP contribution in [0.4, 0.5) is 0 Å². The van der Waals surface area contributed by atoms with Crippen LogP contribution in [-0.2, 0) is 10.2 Å². The molecule has 24 heavy (non-hydrogen) atoms. The van der Waals surface area contributed by atoms with Gasteiger partial charge in [-0.3, -0.25) is 4.79 Å². The fourth-order valence-electron chi connectivity index (χ4n) is 4.97. The Hall–Kier alpha value is -1.35. The summed E-state index contributed by atoms with van der Waals surface area (Å²) in [5, 5.41) is 3.18. The Morgan fingerprint density at radius 3 is 2.58 bits per heavy atom. The van der Waals surface area contributed by atoms with Crippen molar-refractivity contribution >= 4 is 5.91 Å². The van der Waals surface area contributed by atoms with E-state index in [1.54, 1.807) is 6.92 Å². The molecule has 2 atom stereocenters. The smallest absolute Gasteiger partial charge is 0.217 e. The third kappa shape index (κ3) is 3.37. The first-order chi connectivity index (χ1) is 11.4. The number of carbonyl (C=O) groups is 1. The second-order valence-electron chi connectivity index (χ2n) is 8.34. The largest absolute Gasteiger partial charge is 0.349 e. The maximum Gasteiger partial charge on any atom is 0.217 e. The fourth-order valence-corrected chi connectivity index (χ4v) is 4.97. The number of piperidine rings is 1. The molecule has 1 N–H and O–H groups in total. The molecule has 3 rings (SSSR count). The lowest BCUT2D eigenvalue weighted by molar-refractivity contribution is -0.119. The van der Waals surface area contributed by atoms with Crippen molar-refractivity contribution in [2.45, 2.75) is 70.9 Å². The van der Waals surface area contributed by atoms with Gasteiger partial charge in [-0.15, -0.1) is 0 Å². The molecule has 1 amide bonds. The monoisotopic (exact) mass is 330 g/mol. The van der Waals surface area contributed by atoms with Crippen molar-refractivity contribution < 1.29 is 6.22 Å². The Bertz CT molecular complexity index is 593. The van der Waals surface area contributed by atoms with Crippen molar-refractivity contribution in [2.24, 2.45) is 5.92 Å². The first kappa shape index (κ1) is 17.5. The molecule has 0 aromatic heterocycles. The number of rotatable bonds is 4. The highest BCUT2D eigenvalue weighted by molar-refractivity contribution is 5.73. The number of likely N-dealkylation sites (tertiary alicyclic amines) is 1. The van der Waals surface area contributed by atoms with E-state index in [-0.39, 0.29) is 18.8 Å². The van der Waals surface area contributed by atoms with Gasteiger partial charge in [0.25, 0.3) is 0 Å². The Balaban J connectivity index is 0.00000225. The zero-order valence-electron chi connectivity index (χ0n) is 15.6. The Labute approximate surface area is 148 Å². The summed E-state index contributed by atoms with van der Waals surface area (Å²) < 4.78 is 0. The average molecular weight is 331 g/mol. The van der Waals surface area contributed by atoms with E-state index in [2.05, 4.69) is 55.3 Å². The lowest BCUT2D eigenvalue weighted by Gasteiger charge is -2.43. The van der Waals surface area contributed by atoms with Gasteiger partial charge in [0, 0.05) is 19.8 Å². The standard InChI is InChI=1S/C21H32N2O.H2/c1-15(2)13-16(3)23-11-9-21(10-12-23)14-20(22-17(4)24)18-7-5-6-8-19(18)21;/h5-8,15-16,20H,9-14H2,1-4H3,(H,22,24);1H/t16?,20-;/m0./s1. The van der Waals surface area contributed by atoms with E-state index in [0.717, 1.165) is 12.3 Å². The molecule has 1 spiro atoms. The molecule has 1 unspecified atom stereocenters. The number of hydrogen-bond donors (Lipinski definition) is 1. The fraction of sp³-hybridized carbons (Fsp3) is 0.667. The summed E-state index contributed by atoms with van der Waals surface area (Å²) in [7, 11) is 0. The van der Waals surface area contributed by atoms with Gasteiger partial charge in [-0.05, 0) is 62.7 Å². The molecular weight excluding hydrogens is 296 g/mol. The maximum absolute atomic E-state index is 11.6. The number of amides is 1. The van der Waals surface area contributed by atoms with E-state index in [0.29, 0.717) is 6.04 Å². The number of fused-ring (bicyclic) bond motifs is 2. The van der Waals surface area contributed by atoms with Gasteiger partial charge in [-0.2, -0.15) is 0 Å². The summed E-state index contributed by atoms with van der Waals surface area (Å²) >= 11 is 0. The van der Waals surface area contributed by atoms with Crippen molar-refractivity contribution in [3.63, 3.8) is 0 Å². The Morgan fingerprint density at radius 2 is 1.96 bits per heavy atom. The first-order valence-corrected chi connectivity index (χ1v) is 9.52. The highest BCUT2D eigenvalue weighted by Gasteiger charge is 2.45. The third-order valence-corrected chi connectivity index (χ3v) is 6.07. The van der Waals surface area contributed by atoms with Crippen LogP contribution in [0.15, 0.2) is 24.3 Å². The molecule has 2 aliphatic rings. The summed E-state index contributed by atoms with van der Waals surface area (Å²) in [4.78, 5) is 14.3. The van der Waals surface area contributed by atoms with E-state index in [4.69, 9.17) is 0 Å². The molecule has 1 aliphatic carbocycles. The Morgan fingerprint density at radius 1 is 1.29 bits per heavy atom. The minimum atomic E-state index is 0. The van der Waals surface area contributed by atoms with Gasteiger partial charge in [0.05, 0.1) is 6.04 Å². The van der Waals surface area contributed by atoms with Gasteiger partial charge in [0.2, 0.25) is 5.91 Å². The molecular formula is C21H34N2O. The quantitative estimate of drug-likeness (QED) is 0.893. The Kier molecular flexibility index (Phi) is 5.00. The van der Waals surface area contributed by atoms with E-state index in [1.807, 2.05) is 0 Å². The third-order valence-electron chi connectivity index (χ3n) is 6.07. The van der Waals surface area contributed by atoms with Gasteiger partial charge < -0.3 is 10.2 Å². The van der Waals surface area contributed by atoms with Crippen molar-refractivity contribution in [2.75, 3.05) is 13.1 Å². The van der Waals surface area contributed by atoms with Crippen LogP contribution in [0.5, 0.6) is 0 Å². The van der Waals surface area contributed by atoms with Crippen LogP contribution < -0.4 is 5.32 Å². The molecule has 1 saturated heterocycles. The van der Waals surface area contributed by atoms with Crippen LogP contribution in [0, 0.1) is 5.92 Å². The van der Waals surface area contributed by atoms with Gasteiger partial charge >= 0.3 is 0 Å². The number of nitrogens with zero attached hydrogens (tertiary/aromatic N) is 1. The van der Waals surface area contributed by atoms with Crippen LogP contribution in [-0.4, -0.2) is 29.9 Å². The molecule has 1 aliphatic heterocycles.